The summed E-state index contributed by atoms with van der Waals surface area (Å²) in [6.07, 6.45) is 1.70. The minimum absolute atomic E-state index is 0.0102. The standard InChI is InChI=1S/C24H28N2O4S2/c1-23(2,3)17-12-15(13-18(20(17)27)24(4,5)6)14-19-21(28)25-22(31-19)26-32(29,30)16-10-8-7-9-11-16/h7-14,27H,1-6H3,(H,25,26,28). The lowest BCUT2D eigenvalue weighted by atomic mass is 9.78. The van der Waals surface area contributed by atoms with Gasteiger partial charge in [0.15, 0.2) is 5.17 Å². The highest BCUT2D eigenvalue weighted by Crippen LogP contribution is 2.40. The van der Waals surface area contributed by atoms with Crippen molar-refractivity contribution in [2.45, 2.75) is 57.3 Å². The molecule has 1 aliphatic heterocycles. The summed E-state index contributed by atoms with van der Waals surface area (Å²) in [7, 11) is -3.93. The van der Waals surface area contributed by atoms with Crippen LogP contribution in [0.4, 0.5) is 0 Å². The average molecular weight is 473 g/mol. The van der Waals surface area contributed by atoms with Gasteiger partial charge in [0.25, 0.3) is 15.9 Å². The summed E-state index contributed by atoms with van der Waals surface area (Å²) in [5.74, 6) is -0.161. The Morgan fingerprint density at radius 2 is 1.50 bits per heavy atom. The molecule has 2 aromatic carbocycles. The molecule has 1 saturated heterocycles. The van der Waals surface area contributed by atoms with Crippen molar-refractivity contribution in [2.24, 2.45) is 4.40 Å². The van der Waals surface area contributed by atoms with E-state index < -0.39 is 15.9 Å². The number of aromatic hydroxyl groups is 1. The van der Waals surface area contributed by atoms with Crippen LogP contribution in [0.1, 0.15) is 58.2 Å². The van der Waals surface area contributed by atoms with Crippen molar-refractivity contribution in [1.82, 2.24) is 5.32 Å². The van der Waals surface area contributed by atoms with E-state index in [1.807, 2.05) is 53.7 Å². The molecular formula is C24H28N2O4S2. The summed E-state index contributed by atoms with van der Waals surface area (Å²) >= 11 is 0.975. The first-order valence-electron chi connectivity index (χ1n) is 10.2. The fourth-order valence-corrected chi connectivity index (χ4v) is 5.27. The maximum absolute atomic E-state index is 12.5. The number of amides is 1. The van der Waals surface area contributed by atoms with Gasteiger partial charge in [-0.25, -0.2) is 0 Å². The van der Waals surface area contributed by atoms with E-state index in [0.717, 1.165) is 28.5 Å². The molecule has 0 aliphatic carbocycles. The van der Waals surface area contributed by atoms with Gasteiger partial charge in [0.1, 0.15) is 5.75 Å². The van der Waals surface area contributed by atoms with Crippen LogP contribution in [0.15, 0.2) is 56.7 Å². The number of thioether (sulfide) groups is 1. The smallest absolute Gasteiger partial charge is 0.284 e. The Bertz CT molecular complexity index is 1180. The third-order valence-corrected chi connectivity index (χ3v) is 7.26. The Kier molecular flexibility index (Phi) is 6.32. The van der Waals surface area contributed by atoms with E-state index in [9.17, 15) is 18.3 Å². The molecule has 8 heteroatoms. The number of benzene rings is 2. The van der Waals surface area contributed by atoms with Gasteiger partial charge < -0.3 is 5.11 Å². The van der Waals surface area contributed by atoms with Crippen LogP contribution in [-0.4, -0.2) is 24.6 Å². The predicted octanol–water partition coefficient (Wildman–Crippen LogP) is 4.94. The summed E-state index contributed by atoms with van der Waals surface area (Å²) in [6.45, 7) is 12.1. The maximum Gasteiger partial charge on any atom is 0.284 e. The molecule has 0 radical (unpaired) electrons. The van der Waals surface area contributed by atoms with Gasteiger partial charge in [-0.3, -0.25) is 10.1 Å². The van der Waals surface area contributed by atoms with Crippen molar-refractivity contribution >= 4 is 38.9 Å². The lowest BCUT2D eigenvalue weighted by Crippen LogP contribution is -2.21. The molecule has 0 saturated carbocycles. The number of rotatable bonds is 3. The molecule has 1 fully saturated rings. The molecule has 6 nitrogen and oxygen atoms in total. The summed E-state index contributed by atoms with van der Waals surface area (Å²) in [4.78, 5) is 12.9. The second-order valence-electron chi connectivity index (χ2n) is 9.71. The van der Waals surface area contributed by atoms with E-state index in [1.54, 1.807) is 24.3 Å². The number of phenolic OH excluding ortho intramolecular Hbond substituents is 1. The Morgan fingerprint density at radius 1 is 0.969 bits per heavy atom. The fourth-order valence-electron chi connectivity index (χ4n) is 3.26. The summed E-state index contributed by atoms with van der Waals surface area (Å²) in [5, 5.41) is 13.4. The number of sulfonamides is 1. The molecule has 170 valence electrons. The van der Waals surface area contributed by atoms with Crippen LogP contribution >= 0.6 is 11.8 Å². The number of nitrogens with zero attached hydrogens (tertiary/aromatic N) is 1. The highest BCUT2D eigenvalue weighted by molar-refractivity contribution is 8.19. The van der Waals surface area contributed by atoms with E-state index in [1.165, 1.54) is 12.1 Å². The molecule has 0 spiro atoms. The second-order valence-corrected chi connectivity index (χ2v) is 12.3. The second kappa shape index (κ2) is 8.41. The largest absolute Gasteiger partial charge is 0.507 e. The van der Waals surface area contributed by atoms with Crippen LogP contribution in [-0.2, 0) is 25.6 Å². The van der Waals surface area contributed by atoms with Gasteiger partial charge in [-0.2, -0.15) is 8.42 Å². The number of amidine groups is 1. The number of carbonyl (C=O) groups excluding carboxylic acids is 1. The molecule has 2 aromatic rings. The fraction of sp³-hybridized carbons (Fsp3) is 0.333. The normalized spacial score (nSPS) is 17.8. The zero-order valence-corrected chi connectivity index (χ0v) is 20.7. The molecule has 0 unspecified atom stereocenters. The van der Waals surface area contributed by atoms with Gasteiger partial charge in [0, 0.05) is 11.1 Å². The molecule has 0 atom stereocenters. The van der Waals surface area contributed by atoms with Crippen LogP contribution in [0.25, 0.3) is 6.08 Å². The van der Waals surface area contributed by atoms with Crippen LogP contribution in [0.5, 0.6) is 5.75 Å². The molecule has 0 bridgehead atoms. The van der Waals surface area contributed by atoms with Gasteiger partial charge in [0.05, 0.1) is 9.80 Å². The summed E-state index contributed by atoms with van der Waals surface area (Å²) in [6, 6.07) is 11.6. The third kappa shape index (κ3) is 5.24. The highest BCUT2D eigenvalue weighted by Gasteiger charge is 2.29. The van der Waals surface area contributed by atoms with Crippen LogP contribution < -0.4 is 5.32 Å². The number of hydrogen-bond acceptors (Lipinski definition) is 5. The lowest BCUT2D eigenvalue weighted by Gasteiger charge is -2.28. The molecule has 1 amide bonds. The maximum atomic E-state index is 12.5. The van der Waals surface area contributed by atoms with E-state index in [2.05, 4.69) is 9.71 Å². The molecule has 0 aromatic heterocycles. The zero-order valence-electron chi connectivity index (χ0n) is 19.1. The summed E-state index contributed by atoms with van der Waals surface area (Å²) < 4.78 is 28.8. The first-order valence-corrected chi connectivity index (χ1v) is 12.4. The van der Waals surface area contributed by atoms with Crippen molar-refractivity contribution in [3.05, 3.63) is 64.1 Å². The lowest BCUT2D eigenvalue weighted by molar-refractivity contribution is -0.115. The molecule has 1 aliphatic rings. The average Bonchev–Trinajstić information content (AvgIpc) is 3.00. The SMILES string of the molecule is CC(C)(C)c1cc(C=C2S/C(=N\S(=O)(=O)c3ccccc3)NC2=O)cc(C(C)(C)C)c1O. The van der Waals surface area contributed by atoms with Gasteiger partial charge in [-0.05, 0) is 58.5 Å². The summed E-state index contributed by atoms with van der Waals surface area (Å²) in [5.41, 5.74) is 1.70. The predicted molar refractivity (Wildman–Crippen MR) is 130 cm³/mol. The van der Waals surface area contributed by atoms with Crippen molar-refractivity contribution in [2.75, 3.05) is 0 Å². The van der Waals surface area contributed by atoms with Gasteiger partial charge in [-0.15, -0.1) is 4.40 Å². The Hall–Kier alpha value is -2.58. The van der Waals surface area contributed by atoms with Crippen LogP contribution in [0.2, 0.25) is 0 Å². The number of phenols is 1. The van der Waals surface area contributed by atoms with E-state index in [4.69, 9.17) is 0 Å². The number of nitrogens with one attached hydrogen (secondary N) is 1. The van der Waals surface area contributed by atoms with E-state index in [0.29, 0.717) is 4.91 Å². The van der Waals surface area contributed by atoms with E-state index in [-0.39, 0.29) is 26.6 Å². The van der Waals surface area contributed by atoms with Gasteiger partial charge in [-0.1, -0.05) is 59.7 Å². The third-order valence-electron chi connectivity index (χ3n) is 4.94. The number of carbonyl (C=O) groups is 1. The highest BCUT2D eigenvalue weighted by atomic mass is 32.2. The molecule has 2 N–H and O–H groups in total. The topological polar surface area (TPSA) is 95.8 Å². The Balaban J connectivity index is 2.02. The van der Waals surface area contributed by atoms with Crippen molar-refractivity contribution < 1.29 is 18.3 Å². The molecule has 3 rings (SSSR count). The van der Waals surface area contributed by atoms with Crippen molar-refractivity contribution in [3.63, 3.8) is 0 Å². The van der Waals surface area contributed by atoms with Gasteiger partial charge >= 0.3 is 0 Å². The first-order chi connectivity index (χ1) is 14.7. The Labute approximate surface area is 193 Å². The van der Waals surface area contributed by atoms with Crippen LogP contribution in [0, 0.1) is 0 Å². The first kappa shape index (κ1) is 24.1. The molecular weight excluding hydrogens is 444 g/mol. The molecule has 1 heterocycles. The minimum Gasteiger partial charge on any atom is -0.507 e. The minimum atomic E-state index is -3.93. The quantitative estimate of drug-likeness (QED) is 0.617. The van der Waals surface area contributed by atoms with Crippen LogP contribution in [0.3, 0.4) is 0 Å². The zero-order chi connectivity index (χ0) is 23.9. The van der Waals surface area contributed by atoms with Crippen molar-refractivity contribution in [3.8, 4) is 5.75 Å². The molecule has 32 heavy (non-hydrogen) atoms. The van der Waals surface area contributed by atoms with Gasteiger partial charge in [0.2, 0.25) is 0 Å². The Morgan fingerprint density at radius 3 is 2.00 bits per heavy atom. The van der Waals surface area contributed by atoms with Crippen molar-refractivity contribution in [1.29, 1.82) is 0 Å². The monoisotopic (exact) mass is 472 g/mol. The van der Waals surface area contributed by atoms with E-state index >= 15 is 0 Å². The number of hydrogen-bond donors (Lipinski definition) is 2.